The Hall–Kier alpha value is -0.0400. The van der Waals surface area contributed by atoms with E-state index in [-0.39, 0.29) is 0 Å². The highest BCUT2D eigenvalue weighted by atomic mass is 16.5. The molecule has 3 saturated carbocycles. The van der Waals surface area contributed by atoms with Crippen molar-refractivity contribution in [3.05, 3.63) is 0 Å². The maximum absolute atomic E-state index is 6.45. The van der Waals surface area contributed by atoms with Crippen LogP contribution in [0.2, 0.25) is 0 Å². The van der Waals surface area contributed by atoms with Crippen LogP contribution in [0.3, 0.4) is 0 Å². The maximum Gasteiger partial charge on any atom is 0.0581 e. The van der Waals surface area contributed by atoms with Crippen LogP contribution in [0.4, 0.5) is 0 Å². The van der Waals surface area contributed by atoms with E-state index in [0.717, 1.165) is 29.6 Å². The van der Waals surface area contributed by atoms with Crippen molar-refractivity contribution >= 4 is 0 Å². The Balaban J connectivity index is 1.44. The van der Waals surface area contributed by atoms with E-state index in [4.69, 9.17) is 4.74 Å². The van der Waals surface area contributed by atoms with Crippen LogP contribution in [0.5, 0.6) is 0 Å². The van der Waals surface area contributed by atoms with Gasteiger partial charge in [-0.05, 0) is 87.9 Å². The smallest absolute Gasteiger partial charge is 0.0581 e. The average molecular weight is 363 g/mol. The normalized spacial score (nSPS) is 38.4. The molecule has 7 atom stereocenters. The number of rotatable bonds is 9. The molecule has 1 nitrogen and oxygen atoms in total. The second-order valence-electron chi connectivity index (χ2n) is 10.1. The molecule has 26 heavy (non-hydrogen) atoms. The Morgan fingerprint density at radius 1 is 0.769 bits per heavy atom. The van der Waals surface area contributed by atoms with Crippen LogP contribution in [0.15, 0.2) is 0 Å². The van der Waals surface area contributed by atoms with E-state index in [2.05, 4.69) is 20.8 Å². The van der Waals surface area contributed by atoms with Crippen LogP contribution in [0.1, 0.15) is 117 Å². The lowest BCUT2D eigenvalue weighted by Crippen LogP contribution is -2.43. The molecule has 0 amide bonds. The molecule has 0 aromatic rings. The van der Waals surface area contributed by atoms with Gasteiger partial charge in [-0.3, -0.25) is 0 Å². The molecule has 3 aliphatic rings. The first-order valence-electron chi connectivity index (χ1n) is 12.4. The van der Waals surface area contributed by atoms with Gasteiger partial charge in [-0.15, -0.1) is 0 Å². The number of ether oxygens (including phenoxy) is 1. The summed E-state index contributed by atoms with van der Waals surface area (Å²) in [5.74, 6) is 5.27. The first-order valence-corrected chi connectivity index (χ1v) is 12.4. The molecule has 0 heterocycles. The fraction of sp³-hybridized carbons (Fsp3) is 1.00. The molecule has 0 radical (unpaired) electrons. The highest BCUT2D eigenvalue weighted by Crippen LogP contribution is 2.53. The molecule has 0 spiro atoms. The molecule has 0 aliphatic heterocycles. The van der Waals surface area contributed by atoms with Crippen LogP contribution >= 0.6 is 0 Å². The van der Waals surface area contributed by atoms with Crippen molar-refractivity contribution < 1.29 is 4.74 Å². The predicted octanol–water partition coefficient (Wildman–Crippen LogP) is 7.77. The molecule has 3 rings (SSSR count). The Labute approximate surface area is 164 Å². The zero-order valence-electron chi connectivity index (χ0n) is 18.1. The Morgan fingerprint density at radius 2 is 1.46 bits per heavy atom. The summed E-state index contributed by atoms with van der Waals surface area (Å²) < 4.78 is 6.45. The zero-order chi connectivity index (χ0) is 18.4. The first-order chi connectivity index (χ1) is 12.7. The van der Waals surface area contributed by atoms with Crippen molar-refractivity contribution in [3.8, 4) is 0 Å². The largest absolute Gasteiger partial charge is 0.375 e. The number of fused-ring (bicyclic) bond motifs is 3. The third-order valence-electron chi connectivity index (χ3n) is 8.21. The molecule has 3 fully saturated rings. The van der Waals surface area contributed by atoms with Crippen LogP contribution in [-0.4, -0.2) is 12.2 Å². The fourth-order valence-electron chi connectivity index (χ4n) is 6.81. The Kier molecular flexibility index (Phi) is 8.35. The summed E-state index contributed by atoms with van der Waals surface area (Å²) in [6, 6.07) is 0. The molecule has 7 unspecified atom stereocenters. The SMILES string of the molecule is CCCCCC1CCC2C(CCC3CC(OC(C)CCCC)CCC32)C1. The Morgan fingerprint density at radius 3 is 2.19 bits per heavy atom. The van der Waals surface area contributed by atoms with Gasteiger partial charge in [-0.2, -0.15) is 0 Å². The molecule has 0 bridgehead atoms. The highest BCUT2D eigenvalue weighted by Gasteiger charge is 2.44. The second-order valence-corrected chi connectivity index (χ2v) is 10.1. The standard InChI is InChI=1S/C25H46O/c1-4-6-8-10-20-11-15-24-21(17-20)12-13-22-18-23(14-16-25(22)24)26-19(3)9-7-5-2/h19-25H,4-18H2,1-3H3. The highest BCUT2D eigenvalue weighted by molar-refractivity contribution is 4.94. The fourth-order valence-corrected chi connectivity index (χ4v) is 6.81. The summed E-state index contributed by atoms with van der Waals surface area (Å²) in [5.41, 5.74) is 0. The van der Waals surface area contributed by atoms with Gasteiger partial charge >= 0.3 is 0 Å². The first kappa shape index (κ1) is 20.7. The van der Waals surface area contributed by atoms with Crippen LogP contribution in [0.25, 0.3) is 0 Å². The van der Waals surface area contributed by atoms with Gasteiger partial charge < -0.3 is 4.74 Å². The van der Waals surface area contributed by atoms with Crippen molar-refractivity contribution in [2.75, 3.05) is 0 Å². The van der Waals surface area contributed by atoms with Crippen molar-refractivity contribution in [2.24, 2.45) is 29.6 Å². The van der Waals surface area contributed by atoms with Crippen LogP contribution in [-0.2, 0) is 4.74 Å². The van der Waals surface area contributed by atoms with Crippen molar-refractivity contribution in [3.63, 3.8) is 0 Å². The van der Waals surface area contributed by atoms with Gasteiger partial charge in [0.05, 0.1) is 12.2 Å². The van der Waals surface area contributed by atoms with E-state index in [1.165, 1.54) is 77.0 Å². The van der Waals surface area contributed by atoms with E-state index in [1.54, 1.807) is 19.3 Å². The van der Waals surface area contributed by atoms with E-state index in [0.29, 0.717) is 12.2 Å². The minimum absolute atomic E-state index is 0.478. The number of hydrogen-bond acceptors (Lipinski definition) is 1. The molecule has 0 N–H and O–H groups in total. The van der Waals surface area contributed by atoms with E-state index in [9.17, 15) is 0 Å². The minimum Gasteiger partial charge on any atom is -0.375 e. The summed E-state index contributed by atoms with van der Waals surface area (Å²) in [7, 11) is 0. The monoisotopic (exact) mass is 362 g/mol. The molecular formula is C25H46O. The van der Waals surface area contributed by atoms with Gasteiger partial charge in [0.1, 0.15) is 0 Å². The van der Waals surface area contributed by atoms with Crippen LogP contribution in [0, 0.1) is 29.6 Å². The molecular weight excluding hydrogens is 316 g/mol. The average Bonchev–Trinajstić information content (AvgIpc) is 2.66. The summed E-state index contributed by atoms with van der Waals surface area (Å²) in [4.78, 5) is 0. The molecule has 152 valence electrons. The summed E-state index contributed by atoms with van der Waals surface area (Å²) in [5, 5.41) is 0. The van der Waals surface area contributed by atoms with Gasteiger partial charge in [-0.1, -0.05) is 58.8 Å². The third kappa shape index (κ3) is 5.49. The van der Waals surface area contributed by atoms with Gasteiger partial charge in [0.2, 0.25) is 0 Å². The quantitative estimate of drug-likeness (QED) is 0.380. The van der Waals surface area contributed by atoms with Gasteiger partial charge in [0.15, 0.2) is 0 Å². The summed E-state index contributed by atoms with van der Waals surface area (Å²) >= 11 is 0. The third-order valence-corrected chi connectivity index (χ3v) is 8.21. The zero-order valence-corrected chi connectivity index (χ0v) is 18.1. The number of unbranched alkanes of at least 4 members (excludes halogenated alkanes) is 3. The molecule has 0 aromatic carbocycles. The lowest BCUT2D eigenvalue weighted by Gasteiger charge is -2.51. The van der Waals surface area contributed by atoms with Gasteiger partial charge in [0.25, 0.3) is 0 Å². The molecule has 0 aromatic heterocycles. The predicted molar refractivity (Wildman–Crippen MR) is 112 cm³/mol. The summed E-state index contributed by atoms with van der Waals surface area (Å²) in [6.45, 7) is 6.93. The second kappa shape index (κ2) is 10.5. The maximum atomic E-state index is 6.45. The van der Waals surface area contributed by atoms with Crippen molar-refractivity contribution in [2.45, 2.75) is 129 Å². The van der Waals surface area contributed by atoms with E-state index in [1.807, 2.05) is 0 Å². The Bertz CT molecular complexity index is 392. The van der Waals surface area contributed by atoms with Crippen LogP contribution < -0.4 is 0 Å². The lowest BCUT2D eigenvalue weighted by atomic mass is 9.56. The number of hydrogen-bond donors (Lipinski definition) is 0. The summed E-state index contributed by atoms with van der Waals surface area (Å²) in [6.07, 6.45) is 22.7. The van der Waals surface area contributed by atoms with Gasteiger partial charge in [0, 0.05) is 0 Å². The topological polar surface area (TPSA) is 9.23 Å². The van der Waals surface area contributed by atoms with Crippen molar-refractivity contribution in [1.82, 2.24) is 0 Å². The minimum atomic E-state index is 0.478. The van der Waals surface area contributed by atoms with E-state index >= 15 is 0 Å². The molecule has 0 saturated heterocycles. The van der Waals surface area contributed by atoms with Crippen molar-refractivity contribution in [1.29, 1.82) is 0 Å². The lowest BCUT2D eigenvalue weighted by molar-refractivity contribution is -0.0773. The molecule has 3 aliphatic carbocycles. The van der Waals surface area contributed by atoms with E-state index < -0.39 is 0 Å². The van der Waals surface area contributed by atoms with Gasteiger partial charge in [-0.25, -0.2) is 0 Å². The molecule has 1 heteroatoms.